The third-order valence-corrected chi connectivity index (χ3v) is 4.47. The number of hydrogen-bond acceptors (Lipinski definition) is 4. The first-order valence-electron chi connectivity index (χ1n) is 8.08. The Morgan fingerprint density at radius 2 is 2.13 bits per heavy atom. The number of rotatable bonds is 6. The minimum Gasteiger partial charge on any atom is -0.468 e. The van der Waals surface area contributed by atoms with Gasteiger partial charge in [0.2, 0.25) is 0 Å². The molecular formula is C19H28O4. The molecule has 23 heavy (non-hydrogen) atoms. The third kappa shape index (κ3) is 4.90. The molecule has 1 aliphatic rings. The Labute approximate surface area is 138 Å². The van der Waals surface area contributed by atoms with Crippen LogP contribution in [-0.4, -0.2) is 30.1 Å². The summed E-state index contributed by atoms with van der Waals surface area (Å²) in [5, 5.41) is 9.28. The maximum absolute atomic E-state index is 12.2. The van der Waals surface area contributed by atoms with Gasteiger partial charge in [-0.3, -0.25) is 9.59 Å². The van der Waals surface area contributed by atoms with Crippen LogP contribution < -0.4 is 0 Å². The summed E-state index contributed by atoms with van der Waals surface area (Å²) in [4.78, 5) is 24.2. The predicted octanol–water partition coefficient (Wildman–Crippen LogP) is 3.51. The molecule has 0 aliphatic heterocycles. The van der Waals surface area contributed by atoms with Gasteiger partial charge in [0.05, 0.1) is 18.6 Å². The van der Waals surface area contributed by atoms with E-state index in [1.54, 1.807) is 13.8 Å². The minimum atomic E-state index is -0.775. The van der Waals surface area contributed by atoms with Gasteiger partial charge in [-0.25, -0.2) is 0 Å². The molecule has 1 N–H and O–H groups in total. The van der Waals surface area contributed by atoms with Crippen molar-refractivity contribution in [2.75, 3.05) is 7.11 Å². The fourth-order valence-corrected chi connectivity index (χ4v) is 2.83. The monoisotopic (exact) mass is 320 g/mol. The topological polar surface area (TPSA) is 63.6 Å². The molecule has 0 unspecified atom stereocenters. The number of Topliss-reactive ketones (excluding diaryl/α,β-unsaturated/α-hetero) is 1. The van der Waals surface area contributed by atoms with Crippen LogP contribution in [-0.2, 0) is 14.3 Å². The van der Waals surface area contributed by atoms with Crippen LogP contribution in [0.2, 0.25) is 0 Å². The highest BCUT2D eigenvalue weighted by atomic mass is 16.5. The van der Waals surface area contributed by atoms with Crippen molar-refractivity contribution in [3.8, 4) is 0 Å². The van der Waals surface area contributed by atoms with E-state index in [0.717, 1.165) is 17.6 Å². The molecule has 0 aromatic heterocycles. The zero-order chi connectivity index (χ0) is 17.6. The molecule has 1 aliphatic carbocycles. The average Bonchev–Trinajstić information content (AvgIpc) is 2.50. The highest BCUT2D eigenvalue weighted by Crippen LogP contribution is 2.41. The lowest BCUT2D eigenvalue weighted by molar-refractivity contribution is -0.150. The summed E-state index contributed by atoms with van der Waals surface area (Å²) >= 11 is 0. The van der Waals surface area contributed by atoms with Gasteiger partial charge in [0.15, 0.2) is 5.78 Å². The Hall–Kier alpha value is -1.68. The molecule has 0 saturated heterocycles. The van der Waals surface area contributed by atoms with E-state index in [0.29, 0.717) is 24.8 Å². The molecule has 2 atom stereocenters. The summed E-state index contributed by atoms with van der Waals surface area (Å²) in [5.41, 5.74) is 1.64. The van der Waals surface area contributed by atoms with E-state index in [1.807, 2.05) is 32.1 Å². The number of methoxy groups -OCH3 is 1. The van der Waals surface area contributed by atoms with Crippen molar-refractivity contribution < 1.29 is 19.4 Å². The molecule has 4 heteroatoms. The first-order valence-corrected chi connectivity index (χ1v) is 8.08. The van der Waals surface area contributed by atoms with Gasteiger partial charge in [-0.2, -0.15) is 0 Å². The Kier molecular flexibility index (Phi) is 6.95. The van der Waals surface area contributed by atoms with Gasteiger partial charge < -0.3 is 9.84 Å². The van der Waals surface area contributed by atoms with Crippen LogP contribution in [0.1, 0.15) is 53.4 Å². The molecule has 0 amide bonds. The van der Waals surface area contributed by atoms with Crippen molar-refractivity contribution in [2.24, 2.45) is 5.41 Å². The molecule has 128 valence electrons. The van der Waals surface area contributed by atoms with Gasteiger partial charge in [0, 0.05) is 6.42 Å². The second-order valence-corrected chi connectivity index (χ2v) is 6.49. The Morgan fingerprint density at radius 1 is 1.48 bits per heavy atom. The second kappa shape index (κ2) is 8.25. The molecule has 1 rings (SSSR count). The number of carbonyl (C=O) groups excluding carboxylic acids is 2. The minimum absolute atomic E-state index is 0.0850. The first kappa shape index (κ1) is 19.4. The number of hydrogen-bond donors (Lipinski definition) is 1. The van der Waals surface area contributed by atoms with E-state index in [4.69, 9.17) is 4.74 Å². The van der Waals surface area contributed by atoms with E-state index in [2.05, 4.69) is 0 Å². The van der Waals surface area contributed by atoms with E-state index in [1.165, 1.54) is 7.11 Å². The van der Waals surface area contributed by atoms with Crippen LogP contribution >= 0.6 is 0 Å². The summed E-state index contributed by atoms with van der Waals surface area (Å²) in [5.74, 6) is -0.221. The van der Waals surface area contributed by atoms with Gasteiger partial charge in [-0.1, -0.05) is 23.8 Å². The van der Waals surface area contributed by atoms with Gasteiger partial charge in [-0.15, -0.1) is 0 Å². The fraction of sp³-hybridized carbons (Fsp3) is 0.579. The van der Waals surface area contributed by atoms with Crippen molar-refractivity contribution in [3.63, 3.8) is 0 Å². The largest absolute Gasteiger partial charge is 0.468 e. The zero-order valence-corrected chi connectivity index (χ0v) is 14.8. The van der Waals surface area contributed by atoms with E-state index in [9.17, 15) is 14.7 Å². The zero-order valence-electron chi connectivity index (χ0n) is 14.8. The summed E-state index contributed by atoms with van der Waals surface area (Å²) in [6.45, 7) is 7.34. The Bertz CT molecular complexity index is 552. The summed E-state index contributed by atoms with van der Waals surface area (Å²) < 4.78 is 4.94. The summed E-state index contributed by atoms with van der Waals surface area (Å²) in [6, 6.07) is 0. The van der Waals surface area contributed by atoms with Crippen molar-refractivity contribution in [1.29, 1.82) is 0 Å². The predicted molar refractivity (Wildman–Crippen MR) is 90.9 cm³/mol. The SMILES string of the molecule is COC(=O)[C@@]1(C)CCC(=O)C(C)=C1/C=C\C(C)=C\CC[C@@H](C)O. The molecule has 0 aromatic rings. The van der Waals surface area contributed by atoms with Crippen LogP contribution in [0.3, 0.4) is 0 Å². The lowest BCUT2D eigenvalue weighted by Gasteiger charge is -2.33. The van der Waals surface area contributed by atoms with Crippen LogP contribution in [0.25, 0.3) is 0 Å². The van der Waals surface area contributed by atoms with Crippen LogP contribution in [0.4, 0.5) is 0 Å². The lowest BCUT2D eigenvalue weighted by Crippen LogP contribution is -2.35. The fourth-order valence-electron chi connectivity index (χ4n) is 2.83. The van der Waals surface area contributed by atoms with Crippen LogP contribution in [0.15, 0.2) is 34.9 Å². The van der Waals surface area contributed by atoms with Crippen molar-refractivity contribution >= 4 is 11.8 Å². The quantitative estimate of drug-likeness (QED) is 0.601. The van der Waals surface area contributed by atoms with Crippen molar-refractivity contribution in [2.45, 2.75) is 59.5 Å². The highest BCUT2D eigenvalue weighted by Gasteiger charge is 2.42. The maximum atomic E-state index is 12.2. The first-order chi connectivity index (χ1) is 10.7. The number of aliphatic hydroxyl groups excluding tert-OH is 1. The lowest BCUT2D eigenvalue weighted by atomic mass is 9.70. The molecule has 0 radical (unpaired) electrons. The van der Waals surface area contributed by atoms with E-state index < -0.39 is 5.41 Å². The Morgan fingerprint density at radius 3 is 2.70 bits per heavy atom. The van der Waals surface area contributed by atoms with Crippen molar-refractivity contribution in [3.05, 3.63) is 34.9 Å². The van der Waals surface area contributed by atoms with Crippen LogP contribution in [0, 0.1) is 5.41 Å². The molecule has 0 saturated carbocycles. The number of esters is 1. The van der Waals surface area contributed by atoms with Gasteiger partial charge in [-0.05, 0) is 58.1 Å². The number of allylic oxidation sites excluding steroid dienone is 5. The maximum Gasteiger partial charge on any atom is 0.316 e. The molecule has 0 heterocycles. The second-order valence-electron chi connectivity index (χ2n) is 6.49. The van der Waals surface area contributed by atoms with Gasteiger partial charge >= 0.3 is 5.97 Å². The highest BCUT2D eigenvalue weighted by molar-refractivity contribution is 6.00. The molecule has 0 aromatic carbocycles. The van der Waals surface area contributed by atoms with E-state index >= 15 is 0 Å². The number of carbonyl (C=O) groups is 2. The number of ketones is 1. The van der Waals surface area contributed by atoms with E-state index in [-0.39, 0.29) is 17.9 Å². The molecule has 4 nitrogen and oxygen atoms in total. The Balaban J connectivity index is 3.04. The van der Waals surface area contributed by atoms with Gasteiger partial charge in [0.1, 0.15) is 0 Å². The average molecular weight is 320 g/mol. The molecule has 0 fully saturated rings. The summed E-state index contributed by atoms with van der Waals surface area (Å²) in [7, 11) is 1.38. The molecular weight excluding hydrogens is 292 g/mol. The standard InChI is InChI=1S/C19H28O4/c1-13(7-6-8-14(2)20)9-10-16-15(3)17(21)11-12-19(16,4)18(22)23-5/h7,9-10,14,20H,6,8,11-12H2,1-5H3/b10-9-,13-7+/t14-,19+/m1/s1. The molecule has 0 bridgehead atoms. The van der Waals surface area contributed by atoms with Gasteiger partial charge in [0.25, 0.3) is 0 Å². The normalized spacial score (nSPS) is 24.3. The third-order valence-electron chi connectivity index (χ3n) is 4.47. The number of aliphatic hydroxyl groups is 1. The number of ether oxygens (including phenoxy) is 1. The van der Waals surface area contributed by atoms with Crippen LogP contribution in [0.5, 0.6) is 0 Å². The van der Waals surface area contributed by atoms with Crippen molar-refractivity contribution in [1.82, 2.24) is 0 Å². The smallest absolute Gasteiger partial charge is 0.316 e. The molecule has 0 spiro atoms. The summed E-state index contributed by atoms with van der Waals surface area (Å²) in [6.07, 6.45) is 7.85.